The number of nitrogens with zero attached hydrogens (tertiary/aromatic N) is 5. The first-order chi connectivity index (χ1) is 20.9. The number of aromatic nitrogens is 2. The first-order valence-electron chi connectivity index (χ1n) is 16.1. The minimum atomic E-state index is -0.0415. The van der Waals surface area contributed by atoms with Gasteiger partial charge in [0, 0.05) is 69.7 Å². The molecule has 4 saturated heterocycles. The lowest BCUT2D eigenvalue weighted by atomic mass is 9.73. The van der Waals surface area contributed by atoms with Crippen molar-refractivity contribution < 1.29 is 9.47 Å². The first-order valence-corrected chi connectivity index (χ1v) is 16.1. The van der Waals surface area contributed by atoms with E-state index in [1.165, 1.54) is 64.8 Å². The van der Waals surface area contributed by atoms with Gasteiger partial charge in [-0.25, -0.2) is 4.98 Å². The fraction of sp³-hybridized carbons (Fsp3) is 0.588. The summed E-state index contributed by atoms with van der Waals surface area (Å²) in [6.07, 6.45) is 10.0. The van der Waals surface area contributed by atoms with Crippen molar-refractivity contribution in [2.45, 2.75) is 38.6 Å². The van der Waals surface area contributed by atoms with Gasteiger partial charge >= 0.3 is 0 Å². The summed E-state index contributed by atoms with van der Waals surface area (Å²) in [6.45, 7) is 11.2. The highest BCUT2D eigenvalue weighted by molar-refractivity contribution is 5.97. The van der Waals surface area contributed by atoms with Crippen LogP contribution in [0.1, 0.15) is 37.7 Å². The Balaban J connectivity index is 1.08. The van der Waals surface area contributed by atoms with Crippen LogP contribution in [-0.4, -0.2) is 92.5 Å². The second-order valence-corrected chi connectivity index (χ2v) is 13.4. The Morgan fingerprint density at radius 1 is 0.930 bits per heavy atom. The van der Waals surface area contributed by atoms with Crippen molar-refractivity contribution in [2.75, 3.05) is 78.0 Å². The van der Waals surface area contributed by atoms with Crippen LogP contribution >= 0.6 is 0 Å². The van der Waals surface area contributed by atoms with E-state index in [0.717, 1.165) is 78.0 Å². The Hall–Kier alpha value is -3.14. The second kappa shape index (κ2) is 11.7. The van der Waals surface area contributed by atoms with Crippen LogP contribution in [0.15, 0.2) is 35.4 Å². The van der Waals surface area contributed by atoms with Crippen LogP contribution in [0, 0.1) is 11.3 Å². The smallest absolute Gasteiger partial charge is 0.259 e. The molecule has 0 amide bonds. The Morgan fingerprint density at radius 2 is 1.63 bits per heavy atom. The summed E-state index contributed by atoms with van der Waals surface area (Å²) >= 11 is 0. The molecule has 0 saturated carbocycles. The number of likely N-dealkylation sites (tertiary alicyclic amines) is 2. The molecule has 6 heterocycles. The van der Waals surface area contributed by atoms with Crippen molar-refractivity contribution in [2.24, 2.45) is 18.4 Å². The summed E-state index contributed by atoms with van der Waals surface area (Å²) in [5.41, 5.74) is 3.60. The topological polar surface area (TPSA) is 75.1 Å². The standard InChI is InChI=1S/C34H46N6O3/c1-37-20-28(26-17-32(40-9-4-10-40)36-18-27(26)33(37)41)25-15-30(42-2)29(31(16-25)43-3)21-38-11-5-24(6-12-38)19-39-13-7-34(8-14-39)22-35-23-34/h15-18,20,24,35H,4-14,19,21-23H2,1-3H3. The minimum absolute atomic E-state index is 0.0415. The highest BCUT2D eigenvalue weighted by atomic mass is 16.5. The van der Waals surface area contributed by atoms with Crippen LogP contribution in [0.25, 0.3) is 21.9 Å². The van der Waals surface area contributed by atoms with Crippen LogP contribution < -0.4 is 25.2 Å². The molecule has 4 fully saturated rings. The van der Waals surface area contributed by atoms with Gasteiger partial charge in [-0.3, -0.25) is 9.69 Å². The predicted octanol–water partition coefficient (Wildman–Crippen LogP) is 3.73. The lowest BCUT2D eigenvalue weighted by molar-refractivity contribution is 0.0407. The zero-order valence-corrected chi connectivity index (χ0v) is 26.0. The fourth-order valence-electron chi connectivity index (χ4n) is 7.55. The number of piperidine rings is 2. The molecule has 0 atom stereocenters. The van der Waals surface area contributed by atoms with Gasteiger partial charge < -0.3 is 29.2 Å². The largest absolute Gasteiger partial charge is 0.496 e. The monoisotopic (exact) mass is 586 g/mol. The molecular weight excluding hydrogens is 540 g/mol. The van der Waals surface area contributed by atoms with Crippen LogP contribution in [0.5, 0.6) is 11.5 Å². The molecule has 4 aliphatic rings. The minimum Gasteiger partial charge on any atom is -0.496 e. The van der Waals surface area contributed by atoms with Gasteiger partial charge in [0.25, 0.3) is 5.56 Å². The molecule has 43 heavy (non-hydrogen) atoms. The molecule has 1 spiro atoms. The molecule has 7 rings (SSSR count). The van der Waals surface area contributed by atoms with Crippen LogP contribution in [-0.2, 0) is 13.6 Å². The molecule has 1 aromatic carbocycles. The van der Waals surface area contributed by atoms with Crippen molar-refractivity contribution in [3.8, 4) is 22.6 Å². The van der Waals surface area contributed by atoms with E-state index >= 15 is 0 Å². The van der Waals surface area contributed by atoms with Gasteiger partial charge in [0.05, 0.1) is 25.2 Å². The number of fused-ring (bicyclic) bond motifs is 1. The molecule has 3 aromatic rings. The quantitative estimate of drug-likeness (QED) is 0.428. The summed E-state index contributed by atoms with van der Waals surface area (Å²) in [4.78, 5) is 25.2. The van der Waals surface area contributed by atoms with E-state index in [4.69, 9.17) is 9.47 Å². The van der Waals surface area contributed by atoms with E-state index in [9.17, 15) is 4.79 Å². The highest BCUT2D eigenvalue weighted by Crippen LogP contribution is 2.39. The van der Waals surface area contributed by atoms with E-state index in [-0.39, 0.29) is 5.56 Å². The number of rotatable bonds is 8. The molecular formula is C34H46N6O3. The van der Waals surface area contributed by atoms with Crippen molar-refractivity contribution in [3.05, 3.63) is 46.5 Å². The average Bonchev–Trinajstić information content (AvgIpc) is 2.98. The van der Waals surface area contributed by atoms with Gasteiger partial charge in [-0.15, -0.1) is 0 Å². The van der Waals surface area contributed by atoms with Gasteiger partial charge in [0.15, 0.2) is 0 Å². The van der Waals surface area contributed by atoms with Crippen LogP contribution in [0.4, 0.5) is 5.82 Å². The predicted molar refractivity (Wildman–Crippen MR) is 171 cm³/mol. The molecule has 230 valence electrons. The van der Waals surface area contributed by atoms with E-state index in [2.05, 4.69) is 43.2 Å². The van der Waals surface area contributed by atoms with Crippen LogP contribution in [0.3, 0.4) is 0 Å². The van der Waals surface area contributed by atoms with Crippen LogP contribution in [0.2, 0.25) is 0 Å². The maximum Gasteiger partial charge on any atom is 0.259 e. The van der Waals surface area contributed by atoms with E-state index in [0.29, 0.717) is 10.8 Å². The van der Waals surface area contributed by atoms with Gasteiger partial charge in [-0.05, 0) is 93.4 Å². The van der Waals surface area contributed by atoms with Gasteiger partial charge in [0.2, 0.25) is 0 Å². The van der Waals surface area contributed by atoms with Crippen molar-refractivity contribution >= 4 is 16.6 Å². The van der Waals surface area contributed by atoms with Gasteiger partial charge in [-0.1, -0.05) is 0 Å². The number of benzene rings is 1. The Kier molecular flexibility index (Phi) is 7.82. The number of hydrogen-bond acceptors (Lipinski definition) is 8. The third-order valence-corrected chi connectivity index (χ3v) is 10.7. The van der Waals surface area contributed by atoms with E-state index < -0.39 is 0 Å². The molecule has 0 radical (unpaired) electrons. The number of anilines is 1. The average molecular weight is 587 g/mol. The number of ether oxygens (including phenoxy) is 2. The zero-order chi connectivity index (χ0) is 29.6. The van der Waals surface area contributed by atoms with Gasteiger partial charge in [0.1, 0.15) is 17.3 Å². The molecule has 9 heteroatoms. The molecule has 0 aliphatic carbocycles. The Morgan fingerprint density at radius 3 is 2.21 bits per heavy atom. The van der Waals surface area contributed by atoms with Crippen molar-refractivity contribution in [1.82, 2.24) is 24.7 Å². The maximum absolute atomic E-state index is 13.0. The third kappa shape index (κ3) is 5.51. The third-order valence-electron chi connectivity index (χ3n) is 10.7. The number of methoxy groups -OCH3 is 2. The van der Waals surface area contributed by atoms with Gasteiger partial charge in [-0.2, -0.15) is 0 Å². The molecule has 2 aromatic heterocycles. The number of nitrogens with one attached hydrogen (secondary N) is 1. The Bertz CT molecular complexity index is 1500. The lowest BCUT2D eigenvalue weighted by Crippen LogP contribution is -2.58. The van der Waals surface area contributed by atoms with E-state index in [1.807, 2.05) is 6.20 Å². The molecule has 4 aliphatic heterocycles. The summed E-state index contributed by atoms with van der Waals surface area (Å²) < 4.78 is 13.6. The first kappa shape index (κ1) is 28.6. The SMILES string of the molecule is COc1cc(-c2cn(C)c(=O)c3cnc(N4CCC4)cc23)cc(OC)c1CN1CCC(CN2CCC3(CC2)CNC3)CC1. The molecule has 1 N–H and O–H groups in total. The number of hydrogen-bond donors (Lipinski definition) is 1. The second-order valence-electron chi connectivity index (χ2n) is 13.4. The summed E-state index contributed by atoms with van der Waals surface area (Å²) in [6, 6.07) is 6.28. The fourth-order valence-corrected chi connectivity index (χ4v) is 7.55. The maximum atomic E-state index is 13.0. The van der Waals surface area contributed by atoms with Crippen molar-refractivity contribution in [1.29, 1.82) is 0 Å². The Labute approximate surface area is 254 Å². The van der Waals surface area contributed by atoms with Crippen molar-refractivity contribution in [3.63, 3.8) is 0 Å². The number of pyridine rings is 2. The molecule has 0 unspecified atom stereocenters. The summed E-state index contributed by atoms with van der Waals surface area (Å²) in [5, 5.41) is 5.02. The normalized spacial score (nSPS) is 21.1. The van der Waals surface area contributed by atoms with E-state index in [1.54, 1.807) is 32.0 Å². The number of aryl methyl sites for hydroxylation is 1. The molecule has 9 nitrogen and oxygen atoms in total. The summed E-state index contributed by atoms with van der Waals surface area (Å²) in [7, 11) is 5.28. The summed E-state index contributed by atoms with van der Waals surface area (Å²) in [5.74, 6) is 3.35. The zero-order valence-electron chi connectivity index (χ0n) is 26.0. The highest BCUT2D eigenvalue weighted by Gasteiger charge is 2.40. The lowest BCUT2D eigenvalue weighted by Gasteiger charge is -2.49. The molecule has 0 bridgehead atoms.